The van der Waals surface area contributed by atoms with Gasteiger partial charge in [-0.3, -0.25) is 0 Å². The molecule has 0 radical (unpaired) electrons. The number of hydrogen-bond donors (Lipinski definition) is 0. The lowest BCUT2D eigenvalue weighted by Gasteiger charge is -2.37. The molecule has 4 heterocycles. The van der Waals surface area contributed by atoms with Crippen LogP contribution in [0, 0.1) is 0 Å². The molecule has 3 atom stereocenters. The predicted molar refractivity (Wildman–Crippen MR) is 194 cm³/mol. The Bertz CT molecular complexity index is 1950. The Morgan fingerprint density at radius 2 is 1.56 bits per heavy atom. The standard InChI is InChI=1S/C37H39Cl2N7O4/c1-3-26(2)46-36(47)45(25-42-46)31-7-5-29(6-8-31)43-14-16-44(17-15-43)30-9-11-32(12-10-30)48-22-33-23-49-37(50-33,19-27-20-40-24-41-21-27)34-13-4-28(38)18-35(34)39/h4-13,18,20-21,24-26,33H,3,14-17,19,22-23H2,1-2H3. The largest absolute Gasteiger partial charge is 0.491 e. The first-order valence-corrected chi connectivity index (χ1v) is 17.6. The van der Waals surface area contributed by atoms with E-state index in [1.807, 2.05) is 44.2 Å². The van der Waals surface area contributed by atoms with Gasteiger partial charge in [-0.15, -0.1) is 0 Å². The second kappa shape index (κ2) is 14.8. The highest BCUT2D eigenvalue weighted by Crippen LogP contribution is 2.41. The van der Waals surface area contributed by atoms with Crippen molar-refractivity contribution in [3.05, 3.63) is 123 Å². The average Bonchev–Trinajstić information content (AvgIpc) is 3.74. The maximum Gasteiger partial charge on any atom is 0.350 e. The van der Waals surface area contributed by atoms with Crippen molar-refractivity contribution in [2.75, 3.05) is 49.2 Å². The lowest BCUT2D eigenvalue weighted by atomic mass is 9.99. The van der Waals surface area contributed by atoms with Crippen molar-refractivity contribution >= 4 is 34.6 Å². The molecule has 3 unspecified atom stereocenters. The number of ether oxygens (including phenoxy) is 3. The molecule has 2 aliphatic rings. The van der Waals surface area contributed by atoms with E-state index in [-0.39, 0.29) is 17.8 Å². The molecule has 2 fully saturated rings. The summed E-state index contributed by atoms with van der Waals surface area (Å²) in [6, 6.07) is 21.7. The highest BCUT2D eigenvalue weighted by molar-refractivity contribution is 6.35. The van der Waals surface area contributed by atoms with Crippen molar-refractivity contribution in [3.63, 3.8) is 0 Å². The monoisotopic (exact) mass is 715 g/mol. The lowest BCUT2D eigenvalue weighted by molar-refractivity contribution is -0.178. The fourth-order valence-corrected chi connectivity index (χ4v) is 6.98. The molecule has 0 N–H and O–H groups in total. The molecule has 11 nitrogen and oxygen atoms in total. The number of benzene rings is 3. The second-order valence-electron chi connectivity index (χ2n) is 12.6. The number of anilines is 2. The van der Waals surface area contributed by atoms with E-state index in [0.29, 0.717) is 35.2 Å². The van der Waals surface area contributed by atoms with Crippen LogP contribution in [0.15, 0.2) is 96.6 Å². The van der Waals surface area contributed by atoms with Gasteiger partial charge in [0.15, 0.2) is 0 Å². The van der Waals surface area contributed by atoms with E-state index in [2.05, 4.69) is 49.1 Å². The summed E-state index contributed by atoms with van der Waals surface area (Å²) in [6.45, 7) is 8.24. The van der Waals surface area contributed by atoms with Gasteiger partial charge in [0.05, 0.1) is 23.4 Å². The SMILES string of the molecule is CCC(C)n1ncn(-c2ccc(N3CCN(c4ccc(OCC5COC(Cc6cncnc6)(c6ccc(Cl)cc6Cl)O5)cc4)CC3)cc2)c1=O. The van der Waals surface area contributed by atoms with Crippen molar-refractivity contribution in [3.8, 4) is 11.4 Å². The van der Waals surface area contributed by atoms with Crippen LogP contribution in [0.5, 0.6) is 5.75 Å². The Morgan fingerprint density at radius 1 is 0.920 bits per heavy atom. The fourth-order valence-electron chi connectivity index (χ4n) is 6.42. The zero-order valence-electron chi connectivity index (χ0n) is 28.0. The van der Waals surface area contributed by atoms with E-state index in [1.165, 1.54) is 6.33 Å². The Hall–Kier alpha value is -4.42. The Labute approximate surface area is 300 Å². The zero-order valence-corrected chi connectivity index (χ0v) is 29.5. The van der Waals surface area contributed by atoms with Gasteiger partial charge in [-0.1, -0.05) is 36.2 Å². The summed E-state index contributed by atoms with van der Waals surface area (Å²) in [5.74, 6) is -0.367. The summed E-state index contributed by atoms with van der Waals surface area (Å²) >= 11 is 12.8. The number of halogens is 2. The first kappa shape index (κ1) is 34.0. The van der Waals surface area contributed by atoms with Crippen LogP contribution in [0.1, 0.15) is 37.4 Å². The first-order chi connectivity index (χ1) is 24.3. The molecule has 0 amide bonds. The van der Waals surface area contributed by atoms with Gasteiger partial charge in [0.25, 0.3) is 0 Å². The summed E-state index contributed by atoms with van der Waals surface area (Å²) < 4.78 is 22.2. The van der Waals surface area contributed by atoms with Crippen LogP contribution in [0.25, 0.3) is 5.69 Å². The minimum Gasteiger partial charge on any atom is -0.491 e. The van der Waals surface area contributed by atoms with E-state index in [1.54, 1.807) is 40.1 Å². The van der Waals surface area contributed by atoms with Crippen LogP contribution >= 0.6 is 23.2 Å². The van der Waals surface area contributed by atoms with E-state index in [9.17, 15) is 4.79 Å². The maximum atomic E-state index is 12.8. The quantitative estimate of drug-likeness (QED) is 0.156. The predicted octanol–water partition coefficient (Wildman–Crippen LogP) is 6.32. The van der Waals surface area contributed by atoms with Crippen molar-refractivity contribution in [2.24, 2.45) is 0 Å². The third-order valence-electron chi connectivity index (χ3n) is 9.36. The fraction of sp³-hybridized carbons (Fsp3) is 0.351. The van der Waals surface area contributed by atoms with Gasteiger partial charge in [-0.05, 0) is 79.6 Å². The molecule has 260 valence electrons. The molecule has 2 aliphatic heterocycles. The lowest BCUT2D eigenvalue weighted by Crippen LogP contribution is -2.46. The summed E-state index contributed by atoms with van der Waals surface area (Å²) in [5, 5.41) is 5.30. The molecule has 2 aromatic heterocycles. The minimum absolute atomic E-state index is 0.0643. The molecular weight excluding hydrogens is 677 g/mol. The molecule has 13 heteroatoms. The molecule has 50 heavy (non-hydrogen) atoms. The third kappa shape index (κ3) is 7.22. The molecule has 0 aliphatic carbocycles. The minimum atomic E-state index is -1.12. The molecule has 2 saturated heterocycles. The van der Waals surface area contributed by atoms with E-state index in [0.717, 1.165) is 61.0 Å². The summed E-state index contributed by atoms with van der Waals surface area (Å²) in [6.07, 6.45) is 7.47. The van der Waals surface area contributed by atoms with Crippen molar-refractivity contribution < 1.29 is 14.2 Å². The van der Waals surface area contributed by atoms with Crippen LogP contribution in [-0.2, 0) is 21.7 Å². The second-order valence-corrected chi connectivity index (χ2v) is 13.5. The molecular formula is C37H39Cl2N7O4. The van der Waals surface area contributed by atoms with Gasteiger partial charge in [0.2, 0.25) is 5.79 Å². The molecule has 7 rings (SSSR count). The van der Waals surface area contributed by atoms with Crippen LogP contribution < -0.4 is 20.2 Å². The molecule has 5 aromatic rings. The van der Waals surface area contributed by atoms with Crippen molar-refractivity contribution in [1.82, 2.24) is 24.3 Å². The van der Waals surface area contributed by atoms with Gasteiger partial charge < -0.3 is 24.0 Å². The average molecular weight is 717 g/mol. The number of nitrogens with zero attached hydrogens (tertiary/aromatic N) is 7. The van der Waals surface area contributed by atoms with E-state index < -0.39 is 5.79 Å². The normalized spacial score (nSPS) is 19.9. The first-order valence-electron chi connectivity index (χ1n) is 16.8. The van der Waals surface area contributed by atoms with Gasteiger partial charge in [-0.25, -0.2) is 24.0 Å². The Balaban J connectivity index is 0.930. The van der Waals surface area contributed by atoms with Gasteiger partial charge in [0, 0.05) is 67.0 Å². The van der Waals surface area contributed by atoms with Crippen molar-refractivity contribution in [1.29, 1.82) is 0 Å². The van der Waals surface area contributed by atoms with Gasteiger partial charge in [0.1, 0.15) is 31.1 Å². The topological polar surface area (TPSA) is 99.8 Å². The zero-order chi connectivity index (χ0) is 34.7. The van der Waals surface area contributed by atoms with Crippen molar-refractivity contribution in [2.45, 2.75) is 44.6 Å². The Morgan fingerprint density at radius 3 is 2.20 bits per heavy atom. The number of piperazine rings is 1. The van der Waals surface area contributed by atoms with Gasteiger partial charge >= 0.3 is 5.69 Å². The van der Waals surface area contributed by atoms with Crippen LogP contribution in [0.3, 0.4) is 0 Å². The summed E-state index contributed by atoms with van der Waals surface area (Å²) in [7, 11) is 0. The molecule has 3 aromatic carbocycles. The van der Waals surface area contributed by atoms with E-state index >= 15 is 0 Å². The molecule has 0 spiro atoms. The molecule has 0 bridgehead atoms. The van der Waals surface area contributed by atoms with Crippen LogP contribution in [0.2, 0.25) is 10.0 Å². The summed E-state index contributed by atoms with van der Waals surface area (Å²) in [5.41, 5.74) is 4.53. The number of rotatable bonds is 11. The van der Waals surface area contributed by atoms with Crippen LogP contribution in [0.4, 0.5) is 11.4 Å². The smallest absolute Gasteiger partial charge is 0.350 e. The Kier molecular flexibility index (Phi) is 10.1. The number of aromatic nitrogens is 5. The highest BCUT2D eigenvalue weighted by atomic mass is 35.5. The van der Waals surface area contributed by atoms with Crippen LogP contribution in [-0.4, -0.2) is 69.8 Å². The molecule has 0 saturated carbocycles. The maximum absolute atomic E-state index is 12.8. The summed E-state index contributed by atoms with van der Waals surface area (Å²) in [4.78, 5) is 25.8. The number of hydrogen-bond acceptors (Lipinski definition) is 9. The van der Waals surface area contributed by atoms with E-state index in [4.69, 9.17) is 37.4 Å². The van der Waals surface area contributed by atoms with Gasteiger partial charge in [-0.2, -0.15) is 5.10 Å². The third-order valence-corrected chi connectivity index (χ3v) is 9.91. The highest BCUT2D eigenvalue weighted by Gasteiger charge is 2.45.